The Morgan fingerprint density at radius 3 is 2.81 bits per heavy atom. The van der Waals surface area contributed by atoms with Crippen molar-refractivity contribution >= 4 is 23.2 Å². The Hall–Kier alpha value is -1.14. The summed E-state index contributed by atoms with van der Waals surface area (Å²) in [4.78, 5) is 14.0. The van der Waals surface area contributed by atoms with E-state index in [9.17, 15) is 4.79 Å². The van der Waals surface area contributed by atoms with Crippen LogP contribution in [0.5, 0.6) is 0 Å². The van der Waals surface area contributed by atoms with Crippen LogP contribution in [0.3, 0.4) is 0 Å². The van der Waals surface area contributed by atoms with Gasteiger partial charge in [0.25, 0.3) is 0 Å². The molecule has 1 fully saturated rings. The first kappa shape index (κ1) is 16.2. The lowest BCUT2D eigenvalue weighted by molar-refractivity contribution is -0.117. The fourth-order valence-electron chi connectivity index (χ4n) is 2.54. The van der Waals surface area contributed by atoms with Crippen molar-refractivity contribution < 1.29 is 9.90 Å². The molecule has 1 aliphatic rings. The molecule has 1 saturated heterocycles. The predicted octanol–water partition coefficient (Wildman–Crippen LogP) is 1.32. The Bertz CT molecular complexity index is 447. The molecule has 2 rings (SSSR count). The van der Waals surface area contributed by atoms with Crippen molar-refractivity contribution in [3.63, 3.8) is 0 Å². The lowest BCUT2D eigenvalue weighted by Gasteiger charge is -2.24. The summed E-state index contributed by atoms with van der Waals surface area (Å²) in [5.74, 6) is -0.0798. The molecule has 1 atom stereocenters. The zero-order chi connectivity index (χ0) is 15.1. The average Bonchev–Trinajstić information content (AvgIpc) is 2.94. The van der Waals surface area contributed by atoms with E-state index < -0.39 is 0 Å². The third kappa shape index (κ3) is 5.63. The van der Waals surface area contributed by atoms with Gasteiger partial charge >= 0.3 is 0 Å². The van der Waals surface area contributed by atoms with Crippen LogP contribution in [0, 0.1) is 0 Å². The number of carbonyl (C=O) groups excluding carboxylic acids is 1. The molecule has 1 amide bonds. The maximum absolute atomic E-state index is 12.1. The molecule has 0 aromatic heterocycles. The number of nitrogens with zero attached hydrogens (tertiary/aromatic N) is 1. The number of aliphatic hydroxyl groups excluding tert-OH is 1. The van der Waals surface area contributed by atoms with Crippen LogP contribution < -0.4 is 10.6 Å². The van der Waals surface area contributed by atoms with Crippen LogP contribution in [0.1, 0.15) is 12.8 Å². The van der Waals surface area contributed by atoms with Crippen molar-refractivity contribution in [1.29, 1.82) is 0 Å². The van der Waals surface area contributed by atoms with Crippen molar-refractivity contribution in [3.8, 4) is 0 Å². The number of nitrogens with one attached hydrogen (secondary N) is 2. The molecule has 3 N–H and O–H groups in total. The number of amides is 1. The number of halogens is 1. The van der Waals surface area contributed by atoms with Crippen LogP contribution in [-0.4, -0.2) is 54.7 Å². The van der Waals surface area contributed by atoms with Gasteiger partial charge in [-0.3, -0.25) is 9.69 Å². The van der Waals surface area contributed by atoms with Crippen LogP contribution in [0.4, 0.5) is 5.69 Å². The van der Waals surface area contributed by atoms with Crippen molar-refractivity contribution in [2.45, 2.75) is 18.9 Å². The molecule has 0 saturated carbocycles. The minimum Gasteiger partial charge on any atom is -0.395 e. The number of carbonyl (C=O) groups is 1. The number of rotatable bonds is 7. The third-order valence-corrected chi connectivity index (χ3v) is 3.80. The fourth-order valence-corrected chi connectivity index (χ4v) is 2.66. The second-order valence-corrected chi connectivity index (χ2v) is 5.74. The maximum Gasteiger partial charge on any atom is 0.238 e. The summed E-state index contributed by atoms with van der Waals surface area (Å²) in [6, 6.07) is 7.44. The van der Waals surface area contributed by atoms with Crippen molar-refractivity contribution in [2.24, 2.45) is 0 Å². The highest BCUT2D eigenvalue weighted by atomic mass is 35.5. The van der Waals surface area contributed by atoms with Gasteiger partial charge in [0.15, 0.2) is 0 Å². The maximum atomic E-state index is 12.1. The van der Waals surface area contributed by atoms with E-state index in [2.05, 4.69) is 10.6 Å². The van der Waals surface area contributed by atoms with E-state index in [1.54, 1.807) is 24.3 Å². The van der Waals surface area contributed by atoms with Crippen molar-refractivity contribution in [3.05, 3.63) is 29.3 Å². The standard InChI is InChI=1S/C15H22ClN3O2/c16-12-3-5-13(6-4-12)18-15(21)11-19(8-9-20)10-14-2-1-7-17-14/h3-6,14,17,20H,1-2,7-11H2,(H,18,21). The van der Waals surface area contributed by atoms with Gasteiger partial charge in [-0.05, 0) is 43.7 Å². The van der Waals surface area contributed by atoms with E-state index in [-0.39, 0.29) is 19.1 Å². The molecule has 0 spiro atoms. The van der Waals surface area contributed by atoms with Crippen LogP contribution in [0.15, 0.2) is 24.3 Å². The number of hydrogen-bond acceptors (Lipinski definition) is 4. The van der Waals surface area contributed by atoms with Crippen molar-refractivity contribution in [1.82, 2.24) is 10.2 Å². The molecular weight excluding hydrogens is 290 g/mol. The lowest BCUT2D eigenvalue weighted by Crippen LogP contribution is -2.42. The number of benzene rings is 1. The summed E-state index contributed by atoms with van der Waals surface area (Å²) < 4.78 is 0. The highest BCUT2D eigenvalue weighted by molar-refractivity contribution is 6.30. The molecule has 0 aliphatic carbocycles. The van der Waals surface area contributed by atoms with E-state index in [0.29, 0.717) is 17.6 Å². The summed E-state index contributed by atoms with van der Waals surface area (Å²) in [7, 11) is 0. The van der Waals surface area contributed by atoms with E-state index in [0.717, 1.165) is 25.2 Å². The minimum atomic E-state index is -0.0798. The van der Waals surface area contributed by atoms with Gasteiger partial charge in [-0.15, -0.1) is 0 Å². The largest absolute Gasteiger partial charge is 0.395 e. The molecule has 1 heterocycles. The SMILES string of the molecule is O=C(CN(CCO)CC1CCCN1)Nc1ccc(Cl)cc1. The van der Waals surface area contributed by atoms with E-state index >= 15 is 0 Å². The minimum absolute atomic E-state index is 0.0565. The second-order valence-electron chi connectivity index (χ2n) is 5.31. The quantitative estimate of drug-likeness (QED) is 0.711. The molecular formula is C15H22ClN3O2. The van der Waals surface area contributed by atoms with Gasteiger partial charge < -0.3 is 15.7 Å². The first-order valence-corrected chi connectivity index (χ1v) is 7.67. The fraction of sp³-hybridized carbons (Fsp3) is 0.533. The van der Waals surface area contributed by atoms with Gasteiger partial charge in [0.05, 0.1) is 13.2 Å². The molecule has 6 heteroatoms. The average molecular weight is 312 g/mol. The van der Waals surface area contributed by atoms with E-state index in [1.165, 1.54) is 6.42 Å². The smallest absolute Gasteiger partial charge is 0.238 e. The molecule has 5 nitrogen and oxygen atoms in total. The van der Waals surface area contributed by atoms with Gasteiger partial charge in [-0.1, -0.05) is 11.6 Å². The predicted molar refractivity (Wildman–Crippen MR) is 84.6 cm³/mol. The Kier molecular flexibility index (Phi) is 6.45. The molecule has 1 unspecified atom stereocenters. The highest BCUT2D eigenvalue weighted by Crippen LogP contribution is 2.13. The summed E-state index contributed by atoms with van der Waals surface area (Å²) in [6.45, 7) is 2.66. The molecule has 116 valence electrons. The number of anilines is 1. The van der Waals surface area contributed by atoms with Gasteiger partial charge in [0, 0.05) is 29.8 Å². The molecule has 1 aliphatic heterocycles. The summed E-state index contributed by atoms with van der Waals surface area (Å²) in [5, 5.41) is 16.0. The second kappa shape index (κ2) is 8.34. The third-order valence-electron chi connectivity index (χ3n) is 3.55. The zero-order valence-electron chi connectivity index (χ0n) is 12.0. The topological polar surface area (TPSA) is 64.6 Å². The zero-order valence-corrected chi connectivity index (χ0v) is 12.8. The van der Waals surface area contributed by atoms with Crippen molar-refractivity contribution in [2.75, 3.05) is 38.1 Å². The highest BCUT2D eigenvalue weighted by Gasteiger charge is 2.19. The van der Waals surface area contributed by atoms with Crippen LogP contribution in [-0.2, 0) is 4.79 Å². The summed E-state index contributed by atoms with van der Waals surface area (Å²) in [5.41, 5.74) is 0.729. The monoisotopic (exact) mass is 311 g/mol. The molecule has 0 radical (unpaired) electrons. The van der Waals surface area contributed by atoms with E-state index in [4.69, 9.17) is 16.7 Å². The number of hydrogen-bond donors (Lipinski definition) is 3. The first-order valence-electron chi connectivity index (χ1n) is 7.29. The Balaban J connectivity index is 1.83. The Morgan fingerprint density at radius 2 is 2.19 bits per heavy atom. The van der Waals surface area contributed by atoms with Crippen LogP contribution in [0.25, 0.3) is 0 Å². The molecule has 0 bridgehead atoms. The molecule has 1 aromatic carbocycles. The van der Waals surface area contributed by atoms with Gasteiger partial charge in [0.1, 0.15) is 0 Å². The normalized spacial score (nSPS) is 18.1. The van der Waals surface area contributed by atoms with Crippen LogP contribution >= 0.6 is 11.6 Å². The molecule has 1 aromatic rings. The Morgan fingerprint density at radius 1 is 1.43 bits per heavy atom. The summed E-state index contributed by atoms with van der Waals surface area (Å²) in [6.07, 6.45) is 2.30. The van der Waals surface area contributed by atoms with Gasteiger partial charge in [-0.2, -0.15) is 0 Å². The van der Waals surface area contributed by atoms with Crippen LogP contribution in [0.2, 0.25) is 5.02 Å². The van der Waals surface area contributed by atoms with E-state index in [1.807, 2.05) is 4.90 Å². The first-order chi connectivity index (χ1) is 10.2. The summed E-state index contributed by atoms with van der Waals surface area (Å²) >= 11 is 5.81. The molecule has 21 heavy (non-hydrogen) atoms. The Labute approximate surface area is 130 Å². The van der Waals surface area contributed by atoms with Gasteiger partial charge in [0.2, 0.25) is 5.91 Å². The lowest BCUT2D eigenvalue weighted by atomic mass is 10.2. The van der Waals surface area contributed by atoms with Gasteiger partial charge in [-0.25, -0.2) is 0 Å². The number of aliphatic hydroxyl groups is 1.